The van der Waals surface area contributed by atoms with E-state index in [0.717, 1.165) is 11.4 Å². The smallest absolute Gasteiger partial charge is 0.434 e. The minimum Gasteiger partial charge on any atom is -0.451 e. The third kappa shape index (κ3) is 1.39. The second-order valence-corrected chi connectivity index (χ2v) is 2.31. The first kappa shape index (κ1) is 7.78. The highest BCUT2D eigenvalue weighted by Gasteiger charge is 2.08. The first-order valence-electron chi connectivity index (χ1n) is 3.26. The number of carbonyl (C=O) groups is 1. The van der Waals surface area contributed by atoms with Crippen LogP contribution in [-0.4, -0.2) is 23.0 Å². The minimum atomic E-state index is -0.449. The van der Waals surface area contributed by atoms with Crippen LogP contribution in [0.4, 0.5) is 4.79 Å². The predicted octanol–water partition coefficient (Wildman–Crippen LogP) is 1.11. The molecule has 0 aliphatic carbocycles. The third-order valence-corrected chi connectivity index (χ3v) is 1.36. The van der Waals surface area contributed by atoms with Gasteiger partial charge in [0.25, 0.3) is 0 Å². The summed E-state index contributed by atoms with van der Waals surface area (Å²) >= 11 is 0. The van der Waals surface area contributed by atoms with Crippen LogP contribution in [0.15, 0.2) is 6.07 Å². The van der Waals surface area contributed by atoms with Crippen molar-refractivity contribution in [1.29, 1.82) is 0 Å². The summed E-state index contributed by atoms with van der Waals surface area (Å²) in [6.07, 6.45) is -0.449. The first-order valence-corrected chi connectivity index (χ1v) is 3.26. The van der Waals surface area contributed by atoms with E-state index in [0.29, 0.717) is 0 Å². The van der Waals surface area contributed by atoms with Crippen LogP contribution in [0.2, 0.25) is 0 Å². The van der Waals surface area contributed by atoms with Gasteiger partial charge in [-0.3, -0.25) is 0 Å². The largest absolute Gasteiger partial charge is 0.451 e. The van der Waals surface area contributed by atoms with Crippen LogP contribution in [0.5, 0.6) is 0 Å². The number of ether oxygens (including phenoxy) is 1. The molecule has 4 nitrogen and oxygen atoms in total. The van der Waals surface area contributed by atoms with Gasteiger partial charge in [-0.15, -0.1) is 0 Å². The molecule has 0 fully saturated rings. The summed E-state index contributed by atoms with van der Waals surface area (Å²) in [5, 5.41) is 3.92. The van der Waals surface area contributed by atoms with Crippen molar-refractivity contribution in [2.24, 2.45) is 0 Å². The summed E-state index contributed by atoms with van der Waals surface area (Å²) in [7, 11) is 1.33. The lowest BCUT2D eigenvalue weighted by molar-refractivity contribution is 0.168. The van der Waals surface area contributed by atoms with Crippen molar-refractivity contribution in [3.05, 3.63) is 17.5 Å². The molecular formula is C7H10N2O2. The summed E-state index contributed by atoms with van der Waals surface area (Å²) in [4.78, 5) is 10.9. The van der Waals surface area contributed by atoms with E-state index >= 15 is 0 Å². The van der Waals surface area contributed by atoms with Gasteiger partial charge in [-0.25, -0.2) is 4.79 Å². The van der Waals surface area contributed by atoms with Gasteiger partial charge >= 0.3 is 6.09 Å². The van der Waals surface area contributed by atoms with E-state index in [1.165, 1.54) is 11.8 Å². The number of aryl methyl sites for hydroxylation is 2. The van der Waals surface area contributed by atoms with Crippen molar-refractivity contribution in [2.45, 2.75) is 13.8 Å². The van der Waals surface area contributed by atoms with Crippen LogP contribution in [0.3, 0.4) is 0 Å². The molecule has 0 saturated heterocycles. The van der Waals surface area contributed by atoms with Crippen LogP contribution in [0, 0.1) is 13.8 Å². The van der Waals surface area contributed by atoms with Crippen LogP contribution >= 0.6 is 0 Å². The normalized spacial score (nSPS) is 9.73. The van der Waals surface area contributed by atoms with E-state index in [4.69, 9.17) is 0 Å². The topological polar surface area (TPSA) is 44.1 Å². The van der Waals surface area contributed by atoms with E-state index in [1.807, 2.05) is 13.0 Å². The van der Waals surface area contributed by atoms with E-state index in [1.54, 1.807) is 6.92 Å². The average Bonchev–Trinajstić information content (AvgIpc) is 2.28. The van der Waals surface area contributed by atoms with Crippen LogP contribution in [0.25, 0.3) is 0 Å². The maximum absolute atomic E-state index is 10.9. The lowest BCUT2D eigenvalue weighted by Gasteiger charge is -1.98. The first-order chi connectivity index (χ1) is 5.15. The van der Waals surface area contributed by atoms with Gasteiger partial charge in [0.1, 0.15) is 0 Å². The molecule has 0 radical (unpaired) electrons. The fourth-order valence-corrected chi connectivity index (χ4v) is 0.900. The molecule has 4 heteroatoms. The molecule has 0 amide bonds. The predicted molar refractivity (Wildman–Crippen MR) is 39.5 cm³/mol. The van der Waals surface area contributed by atoms with Crippen molar-refractivity contribution in [3.63, 3.8) is 0 Å². The zero-order valence-electron chi connectivity index (χ0n) is 6.79. The van der Waals surface area contributed by atoms with Crippen LogP contribution < -0.4 is 0 Å². The van der Waals surface area contributed by atoms with Crippen LogP contribution in [0.1, 0.15) is 11.4 Å². The molecule has 1 aromatic heterocycles. The maximum Gasteiger partial charge on any atom is 0.434 e. The molecule has 11 heavy (non-hydrogen) atoms. The standard InChI is InChI=1S/C7H10N2O2/c1-5-4-6(2)9(8-5)7(10)11-3/h4H,1-3H3. The zero-order valence-corrected chi connectivity index (χ0v) is 6.79. The van der Waals surface area contributed by atoms with Gasteiger partial charge in [-0.1, -0.05) is 0 Å². The molecule has 0 aromatic carbocycles. The van der Waals surface area contributed by atoms with Gasteiger partial charge in [-0.2, -0.15) is 9.78 Å². The van der Waals surface area contributed by atoms with E-state index in [2.05, 4.69) is 9.84 Å². The molecule has 1 rings (SSSR count). The van der Waals surface area contributed by atoms with Crippen molar-refractivity contribution >= 4 is 6.09 Å². The number of rotatable bonds is 0. The molecule has 60 valence electrons. The summed E-state index contributed by atoms with van der Waals surface area (Å²) in [6.45, 7) is 3.63. The lowest BCUT2D eigenvalue weighted by Crippen LogP contribution is -2.14. The molecule has 0 saturated carbocycles. The fraction of sp³-hybridized carbons (Fsp3) is 0.429. The van der Waals surface area contributed by atoms with Crippen molar-refractivity contribution < 1.29 is 9.53 Å². The van der Waals surface area contributed by atoms with Crippen molar-refractivity contribution in [1.82, 2.24) is 9.78 Å². The molecule has 1 aromatic rings. The number of hydrogen-bond donors (Lipinski definition) is 0. The third-order valence-electron chi connectivity index (χ3n) is 1.36. The fourth-order valence-electron chi connectivity index (χ4n) is 0.900. The van der Waals surface area contributed by atoms with E-state index in [9.17, 15) is 4.79 Å². The maximum atomic E-state index is 10.9. The number of nitrogens with zero attached hydrogens (tertiary/aromatic N) is 2. The number of aromatic nitrogens is 2. The molecule has 1 heterocycles. The number of hydrogen-bond acceptors (Lipinski definition) is 3. The molecular weight excluding hydrogens is 144 g/mol. The Morgan fingerprint density at radius 2 is 2.27 bits per heavy atom. The highest BCUT2D eigenvalue weighted by atomic mass is 16.5. The lowest BCUT2D eigenvalue weighted by atomic mass is 10.4. The quantitative estimate of drug-likeness (QED) is 0.562. The van der Waals surface area contributed by atoms with Gasteiger partial charge in [0.05, 0.1) is 12.8 Å². The van der Waals surface area contributed by atoms with E-state index in [-0.39, 0.29) is 0 Å². The summed E-state index contributed by atoms with van der Waals surface area (Å²) in [5.74, 6) is 0. The Bertz CT molecular complexity index is 278. The van der Waals surface area contributed by atoms with Gasteiger partial charge in [0.15, 0.2) is 0 Å². The Hall–Kier alpha value is -1.32. The Morgan fingerprint density at radius 3 is 2.64 bits per heavy atom. The van der Waals surface area contributed by atoms with Gasteiger partial charge in [0, 0.05) is 5.69 Å². The minimum absolute atomic E-state index is 0.449. The Kier molecular flexibility index (Phi) is 1.94. The molecule has 0 aliphatic rings. The number of carbonyl (C=O) groups excluding carboxylic acids is 1. The Morgan fingerprint density at radius 1 is 1.64 bits per heavy atom. The molecule has 0 atom stereocenters. The number of methoxy groups -OCH3 is 1. The Balaban J connectivity index is 3.03. The van der Waals surface area contributed by atoms with Crippen LogP contribution in [-0.2, 0) is 4.74 Å². The molecule has 0 aliphatic heterocycles. The van der Waals surface area contributed by atoms with Crippen molar-refractivity contribution in [2.75, 3.05) is 7.11 Å². The highest BCUT2D eigenvalue weighted by Crippen LogP contribution is 2.01. The zero-order chi connectivity index (χ0) is 8.43. The second-order valence-electron chi connectivity index (χ2n) is 2.31. The second kappa shape index (κ2) is 2.74. The highest BCUT2D eigenvalue weighted by molar-refractivity contribution is 5.70. The van der Waals surface area contributed by atoms with Gasteiger partial charge in [-0.05, 0) is 19.9 Å². The summed E-state index contributed by atoms with van der Waals surface area (Å²) in [6, 6.07) is 1.82. The van der Waals surface area contributed by atoms with E-state index < -0.39 is 6.09 Å². The van der Waals surface area contributed by atoms with Crippen molar-refractivity contribution in [3.8, 4) is 0 Å². The van der Waals surface area contributed by atoms with Gasteiger partial charge in [0.2, 0.25) is 0 Å². The Labute approximate surface area is 64.8 Å². The van der Waals surface area contributed by atoms with Gasteiger partial charge < -0.3 is 4.74 Å². The summed E-state index contributed by atoms with van der Waals surface area (Å²) < 4.78 is 5.72. The molecule has 0 spiro atoms. The average molecular weight is 154 g/mol. The summed E-state index contributed by atoms with van der Waals surface area (Å²) in [5.41, 5.74) is 1.60. The monoisotopic (exact) mass is 154 g/mol. The molecule has 0 N–H and O–H groups in total. The molecule has 0 bridgehead atoms. The molecule has 0 unspecified atom stereocenters. The SMILES string of the molecule is COC(=O)n1nc(C)cc1C.